The van der Waals surface area contributed by atoms with Crippen LogP contribution in [0.1, 0.15) is 33.2 Å². The van der Waals surface area contributed by atoms with Gasteiger partial charge in [-0.15, -0.1) is 11.8 Å². The van der Waals surface area contributed by atoms with Crippen molar-refractivity contribution in [3.63, 3.8) is 0 Å². The van der Waals surface area contributed by atoms with Crippen LogP contribution in [-0.2, 0) is 16.1 Å². The predicted molar refractivity (Wildman–Crippen MR) is 129 cm³/mol. The highest BCUT2D eigenvalue weighted by Crippen LogP contribution is 2.25. The van der Waals surface area contributed by atoms with E-state index in [-0.39, 0.29) is 34.8 Å². The van der Waals surface area contributed by atoms with Crippen LogP contribution in [0.4, 0.5) is 0 Å². The lowest BCUT2D eigenvalue weighted by Crippen LogP contribution is -2.31. The molecular formula is C23H22BrN3O5S. The number of thioether (sulfide) groups is 1. The van der Waals surface area contributed by atoms with E-state index < -0.39 is 11.9 Å². The molecule has 8 nitrogen and oxygen atoms in total. The van der Waals surface area contributed by atoms with Crippen LogP contribution in [0.5, 0.6) is 5.75 Å². The number of aromatic hydroxyl groups is 1. The number of nitrogens with one attached hydrogen (secondary N) is 2. The Bertz CT molecular complexity index is 1130. The van der Waals surface area contributed by atoms with Crippen LogP contribution < -0.4 is 10.6 Å². The third kappa shape index (κ3) is 6.39. The number of carbonyl (C=O) groups is 3. The zero-order valence-electron chi connectivity index (χ0n) is 17.9. The van der Waals surface area contributed by atoms with E-state index in [9.17, 15) is 19.5 Å². The Balaban J connectivity index is 1.70. The number of esters is 1. The number of ether oxygens (including phenoxy) is 1. The average molecular weight is 532 g/mol. The summed E-state index contributed by atoms with van der Waals surface area (Å²) in [5, 5.41) is 16.8. The number of nitrogens with zero attached hydrogens (tertiary/aromatic N) is 1. The van der Waals surface area contributed by atoms with Gasteiger partial charge in [-0.3, -0.25) is 9.59 Å². The Kier molecular flexibility index (Phi) is 8.18. The first-order valence-corrected chi connectivity index (χ1v) is 11.6. The van der Waals surface area contributed by atoms with Crippen LogP contribution in [0.25, 0.3) is 0 Å². The third-order valence-corrected chi connectivity index (χ3v) is 6.27. The molecule has 0 saturated heterocycles. The number of hydrogen-bond donors (Lipinski definition) is 3. The van der Waals surface area contributed by atoms with E-state index in [1.807, 2.05) is 12.3 Å². The topological polar surface area (TPSA) is 108 Å². The Morgan fingerprint density at radius 2 is 2.00 bits per heavy atom. The zero-order valence-corrected chi connectivity index (χ0v) is 20.3. The van der Waals surface area contributed by atoms with Gasteiger partial charge in [0.2, 0.25) is 0 Å². The molecule has 0 aromatic heterocycles. The van der Waals surface area contributed by atoms with Crippen LogP contribution in [0, 0.1) is 0 Å². The van der Waals surface area contributed by atoms with Crippen LogP contribution in [0.3, 0.4) is 0 Å². The Labute approximate surface area is 203 Å². The smallest absolute Gasteiger partial charge is 0.356 e. The van der Waals surface area contributed by atoms with Gasteiger partial charge in [0, 0.05) is 29.0 Å². The molecule has 2 aromatic rings. The molecule has 0 saturated carbocycles. The first-order valence-electron chi connectivity index (χ1n) is 9.85. The average Bonchev–Trinajstić information content (AvgIpc) is 3.20. The quantitative estimate of drug-likeness (QED) is 0.369. The Morgan fingerprint density at radius 3 is 2.64 bits per heavy atom. The van der Waals surface area contributed by atoms with E-state index in [4.69, 9.17) is 4.74 Å². The third-order valence-electron chi connectivity index (χ3n) is 4.70. The second-order valence-corrected chi connectivity index (χ2v) is 9.08. The number of amides is 2. The van der Waals surface area contributed by atoms with Gasteiger partial charge in [0.05, 0.1) is 18.0 Å². The number of phenols is 1. The molecular weight excluding hydrogens is 510 g/mol. The monoisotopic (exact) mass is 531 g/mol. The number of benzene rings is 2. The SMILES string of the molecule is COC(=O)/C(=C/N1C=CSC1C)NC(=O)c1ccc(C(=O)NCc2cccc(O)c2)cc1Br. The summed E-state index contributed by atoms with van der Waals surface area (Å²) in [5.74, 6) is -1.43. The Morgan fingerprint density at radius 1 is 1.21 bits per heavy atom. The van der Waals surface area contributed by atoms with E-state index in [2.05, 4.69) is 26.6 Å². The molecule has 10 heteroatoms. The van der Waals surface area contributed by atoms with E-state index in [0.717, 1.165) is 5.56 Å². The normalized spacial score (nSPS) is 15.3. The van der Waals surface area contributed by atoms with E-state index in [0.29, 0.717) is 10.0 Å². The van der Waals surface area contributed by atoms with Crippen molar-refractivity contribution in [1.82, 2.24) is 15.5 Å². The second-order valence-electron chi connectivity index (χ2n) is 7.00. The molecule has 0 radical (unpaired) electrons. The van der Waals surface area contributed by atoms with Crippen LogP contribution in [0.2, 0.25) is 0 Å². The first kappa shape index (κ1) is 24.4. The van der Waals surface area contributed by atoms with Gasteiger partial charge in [-0.2, -0.15) is 0 Å². The molecule has 1 atom stereocenters. The molecule has 33 heavy (non-hydrogen) atoms. The summed E-state index contributed by atoms with van der Waals surface area (Å²) >= 11 is 4.90. The number of methoxy groups -OCH3 is 1. The van der Waals surface area contributed by atoms with Gasteiger partial charge >= 0.3 is 5.97 Å². The lowest BCUT2D eigenvalue weighted by molar-refractivity contribution is -0.136. The lowest BCUT2D eigenvalue weighted by atomic mass is 10.1. The van der Waals surface area contributed by atoms with Gasteiger partial charge in [0.25, 0.3) is 11.8 Å². The van der Waals surface area contributed by atoms with Crippen molar-refractivity contribution < 1.29 is 24.2 Å². The van der Waals surface area contributed by atoms with Crippen molar-refractivity contribution >= 4 is 45.5 Å². The van der Waals surface area contributed by atoms with Crippen molar-refractivity contribution in [2.24, 2.45) is 0 Å². The van der Waals surface area contributed by atoms with Crippen molar-refractivity contribution in [1.29, 1.82) is 0 Å². The molecule has 1 aliphatic rings. The molecule has 3 N–H and O–H groups in total. The van der Waals surface area contributed by atoms with Crippen molar-refractivity contribution in [3.8, 4) is 5.75 Å². The number of carbonyl (C=O) groups excluding carboxylic acids is 3. The molecule has 2 aromatic carbocycles. The van der Waals surface area contributed by atoms with E-state index >= 15 is 0 Å². The maximum atomic E-state index is 12.8. The van der Waals surface area contributed by atoms with Gasteiger partial charge in [0.1, 0.15) is 11.4 Å². The molecule has 3 rings (SSSR count). The fourth-order valence-corrected chi connectivity index (χ4v) is 4.20. The lowest BCUT2D eigenvalue weighted by Gasteiger charge is -2.18. The van der Waals surface area contributed by atoms with Crippen LogP contribution >= 0.6 is 27.7 Å². The van der Waals surface area contributed by atoms with Gasteiger partial charge in [-0.25, -0.2) is 4.79 Å². The molecule has 0 spiro atoms. The fourth-order valence-electron chi connectivity index (χ4n) is 2.93. The highest BCUT2D eigenvalue weighted by Gasteiger charge is 2.21. The molecule has 0 aliphatic carbocycles. The summed E-state index contributed by atoms with van der Waals surface area (Å²) in [6.07, 6.45) is 3.31. The number of phenolic OH excluding ortho intramolecular Hbond substituents is 1. The minimum absolute atomic E-state index is 0.0127. The summed E-state index contributed by atoms with van der Waals surface area (Å²) in [5.41, 5.74) is 1.33. The molecule has 1 unspecified atom stereocenters. The highest BCUT2D eigenvalue weighted by molar-refractivity contribution is 9.10. The number of hydrogen-bond acceptors (Lipinski definition) is 7. The summed E-state index contributed by atoms with van der Waals surface area (Å²) in [4.78, 5) is 39.3. The molecule has 0 bridgehead atoms. The predicted octanol–water partition coefficient (Wildman–Crippen LogP) is 3.69. The minimum Gasteiger partial charge on any atom is -0.508 e. The van der Waals surface area contributed by atoms with Gasteiger partial charge < -0.3 is 25.4 Å². The minimum atomic E-state index is -0.681. The Hall–Kier alpha value is -3.24. The molecule has 172 valence electrons. The van der Waals surface area contributed by atoms with Gasteiger partial charge in [-0.1, -0.05) is 12.1 Å². The maximum absolute atomic E-state index is 12.8. The van der Waals surface area contributed by atoms with Crippen LogP contribution in [-0.4, -0.2) is 40.3 Å². The maximum Gasteiger partial charge on any atom is 0.356 e. The molecule has 0 fully saturated rings. The second kappa shape index (κ2) is 11.1. The fraction of sp³-hybridized carbons (Fsp3) is 0.174. The van der Waals surface area contributed by atoms with Crippen molar-refractivity contribution in [2.45, 2.75) is 18.8 Å². The summed E-state index contributed by atoms with van der Waals surface area (Å²) < 4.78 is 5.17. The molecule has 1 heterocycles. The highest BCUT2D eigenvalue weighted by atomic mass is 79.9. The van der Waals surface area contributed by atoms with E-state index in [1.165, 1.54) is 31.5 Å². The van der Waals surface area contributed by atoms with Gasteiger partial charge in [0.15, 0.2) is 0 Å². The zero-order chi connectivity index (χ0) is 24.0. The number of halogens is 1. The van der Waals surface area contributed by atoms with E-state index in [1.54, 1.807) is 47.1 Å². The van der Waals surface area contributed by atoms with Crippen LogP contribution in [0.15, 0.2) is 70.4 Å². The summed E-state index contributed by atoms with van der Waals surface area (Å²) in [6, 6.07) is 11.1. The van der Waals surface area contributed by atoms with Gasteiger partial charge in [-0.05, 0) is 64.2 Å². The summed E-state index contributed by atoms with van der Waals surface area (Å²) in [7, 11) is 1.24. The largest absolute Gasteiger partial charge is 0.508 e. The van der Waals surface area contributed by atoms with Crippen molar-refractivity contribution in [3.05, 3.63) is 87.1 Å². The number of rotatable bonds is 7. The molecule has 1 aliphatic heterocycles. The first-order chi connectivity index (χ1) is 15.8. The molecule has 2 amide bonds. The summed E-state index contributed by atoms with van der Waals surface area (Å²) in [6.45, 7) is 2.20. The van der Waals surface area contributed by atoms with Crippen molar-refractivity contribution in [2.75, 3.05) is 7.11 Å². The standard InChI is InChI=1S/C23H22BrN3O5S/c1-14-27(8-9-33-14)13-20(23(31)32-2)26-22(30)18-7-6-16(11-19(18)24)21(29)25-12-15-4-3-5-17(28)10-15/h3-11,13-14,28H,12H2,1-2H3,(H,25,29)(H,26,30)/b20-13-.